The molecule has 4 N–H and O–H groups in total. The topological polar surface area (TPSA) is 132 Å². The molecule has 1 aromatic heterocycles. The fourth-order valence-electron chi connectivity index (χ4n) is 2.47. The van der Waals surface area contributed by atoms with Crippen LogP contribution < -0.4 is 15.8 Å². The highest BCUT2D eigenvalue weighted by atomic mass is 16.5. The van der Waals surface area contributed by atoms with Gasteiger partial charge in [-0.25, -0.2) is 4.79 Å². The van der Waals surface area contributed by atoms with Gasteiger partial charge in [-0.15, -0.1) is 0 Å². The first-order valence-electron chi connectivity index (χ1n) is 8.99. The lowest BCUT2D eigenvalue weighted by Crippen LogP contribution is -2.10. The lowest BCUT2D eigenvalue weighted by atomic mass is 10.2. The zero-order valence-electron chi connectivity index (χ0n) is 16.5. The second-order valence-corrected chi connectivity index (χ2v) is 6.30. The van der Waals surface area contributed by atoms with Crippen LogP contribution >= 0.6 is 0 Å². The highest BCUT2D eigenvalue weighted by Crippen LogP contribution is 2.26. The van der Waals surface area contributed by atoms with Crippen LogP contribution in [0.15, 0.2) is 48.5 Å². The summed E-state index contributed by atoms with van der Waals surface area (Å²) in [4.78, 5) is 24.2. The molecular weight excluding hydrogens is 386 g/mol. The number of aromatic hydroxyl groups is 1. The number of esters is 1. The molecule has 0 unspecified atom stereocenters. The van der Waals surface area contributed by atoms with Crippen LogP contribution in [0.2, 0.25) is 0 Å². The Bertz CT molecular complexity index is 1070. The first-order valence-corrected chi connectivity index (χ1v) is 8.99. The Balaban J connectivity index is 1.61. The molecule has 0 saturated carbocycles. The number of nitrogens with one attached hydrogen (secondary N) is 1. The summed E-state index contributed by atoms with van der Waals surface area (Å²) in [5.41, 5.74) is 8.31. The van der Waals surface area contributed by atoms with Crippen molar-refractivity contribution < 1.29 is 19.4 Å². The highest BCUT2D eigenvalue weighted by molar-refractivity contribution is 5.87. The monoisotopic (exact) mass is 407 g/mol. The average molecular weight is 407 g/mol. The summed E-state index contributed by atoms with van der Waals surface area (Å²) >= 11 is 0. The number of aryl methyl sites for hydroxylation is 1. The van der Waals surface area contributed by atoms with Crippen molar-refractivity contribution in [2.75, 3.05) is 18.2 Å². The molecule has 0 aliphatic rings. The summed E-state index contributed by atoms with van der Waals surface area (Å²) in [5.74, 6) is 0.209. The fraction of sp³-hybridized carbons (Fsp3) is 0.143. The number of rotatable bonds is 7. The Kier molecular flexibility index (Phi) is 6.43. The molecule has 0 spiro atoms. The molecule has 9 nitrogen and oxygen atoms in total. The Labute approximate surface area is 173 Å². The number of carbonyl (C=O) groups excluding carboxylic acids is 1. The molecule has 0 radical (unpaired) electrons. The molecule has 1 heterocycles. The third-order valence-corrected chi connectivity index (χ3v) is 3.97. The predicted molar refractivity (Wildman–Crippen MR) is 112 cm³/mol. The molecule has 3 aromatic rings. The number of nitrogens with two attached hydrogens (primary N) is 1. The number of hydrogen-bond acceptors (Lipinski definition) is 9. The minimum atomic E-state index is -0.589. The molecule has 30 heavy (non-hydrogen) atoms. The van der Waals surface area contributed by atoms with Crippen molar-refractivity contribution in [1.82, 2.24) is 15.0 Å². The maximum absolute atomic E-state index is 12.0. The van der Waals surface area contributed by atoms with Crippen molar-refractivity contribution in [2.45, 2.75) is 13.5 Å². The number of benzene rings is 2. The summed E-state index contributed by atoms with van der Waals surface area (Å²) in [5, 5.41) is 12.6. The van der Waals surface area contributed by atoms with Crippen LogP contribution in [0.1, 0.15) is 17.0 Å². The number of methoxy groups -OCH3 is 1. The van der Waals surface area contributed by atoms with Crippen LogP contribution in [0.3, 0.4) is 0 Å². The van der Waals surface area contributed by atoms with Crippen LogP contribution in [-0.4, -0.2) is 33.1 Å². The summed E-state index contributed by atoms with van der Waals surface area (Å²) in [6.07, 6.45) is 2.79. The van der Waals surface area contributed by atoms with Gasteiger partial charge < -0.3 is 25.6 Å². The van der Waals surface area contributed by atoms with Gasteiger partial charge in [0.1, 0.15) is 0 Å². The molecular formula is C21H21N5O4. The zero-order valence-corrected chi connectivity index (χ0v) is 16.5. The van der Waals surface area contributed by atoms with Crippen molar-refractivity contribution in [3.63, 3.8) is 0 Å². The zero-order chi connectivity index (χ0) is 21.5. The van der Waals surface area contributed by atoms with E-state index in [4.69, 9.17) is 15.2 Å². The van der Waals surface area contributed by atoms with Crippen LogP contribution in [-0.2, 0) is 16.1 Å². The SMILES string of the molecule is COc1cc(/C=C/C(=O)OCc2nc(N)nc(Nc3ccc(C)cc3)n2)ccc1O. The summed E-state index contributed by atoms with van der Waals surface area (Å²) in [6, 6.07) is 12.4. The molecule has 0 amide bonds. The smallest absolute Gasteiger partial charge is 0.331 e. The normalized spacial score (nSPS) is 10.7. The van der Waals surface area contributed by atoms with E-state index in [1.165, 1.54) is 25.3 Å². The largest absolute Gasteiger partial charge is 0.504 e. The van der Waals surface area contributed by atoms with Crippen LogP contribution in [0, 0.1) is 6.92 Å². The Morgan fingerprint density at radius 2 is 1.93 bits per heavy atom. The number of phenolic OH excluding ortho intramolecular Hbond substituents is 1. The van der Waals surface area contributed by atoms with Gasteiger partial charge in [0, 0.05) is 11.8 Å². The van der Waals surface area contributed by atoms with Crippen molar-refractivity contribution in [2.24, 2.45) is 0 Å². The second-order valence-electron chi connectivity index (χ2n) is 6.30. The molecule has 0 aliphatic carbocycles. The Hall–Kier alpha value is -4.14. The molecule has 0 aliphatic heterocycles. The number of hydrogen-bond donors (Lipinski definition) is 3. The van der Waals surface area contributed by atoms with Gasteiger partial charge in [0.2, 0.25) is 11.9 Å². The van der Waals surface area contributed by atoms with E-state index in [9.17, 15) is 9.90 Å². The van der Waals surface area contributed by atoms with Gasteiger partial charge in [0.25, 0.3) is 0 Å². The van der Waals surface area contributed by atoms with Gasteiger partial charge in [-0.2, -0.15) is 15.0 Å². The Morgan fingerprint density at radius 3 is 2.67 bits per heavy atom. The van der Waals surface area contributed by atoms with Gasteiger partial charge >= 0.3 is 5.97 Å². The van der Waals surface area contributed by atoms with E-state index in [-0.39, 0.29) is 30.1 Å². The van der Waals surface area contributed by atoms with Crippen LogP contribution in [0.5, 0.6) is 11.5 Å². The number of carbonyl (C=O) groups is 1. The molecule has 2 aromatic carbocycles. The second kappa shape index (κ2) is 9.37. The number of phenols is 1. The number of nitrogen functional groups attached to an aromatic ring is 1. The van der Waals surface area contributed by atoms with Crippen molar-refractivity contribution in [3.05, 3.63) is 65.5 Å². The van der Waals surface area contributed by atoms with Crippen molar-refractivity contribution in [1.29, 1.82) is 0 Å². The molecule has 9 heteroatoms. The molecule has 0 saturated heterocycles. The first kappa shape index (κ1) is 20.6. The Morgan fingerprint density at radius 1 is 1.17 bits per heavy atom. The third-order valence-electron chi connectivity index (χ3n) is 3.97. The predicted octanol–water partition coefficient (Wildman–Crippen LogP) is 2.98. The number of nitrogens with zero attached hydrogens (tertiary/aromatic N) is 3. The van der Waals surface area contributed by atoms with Gasteiger partial charge in [-0.05, 0) is 42.8 Å². The average Bonchev–Trinajstić information content (AvgIpc) is 2.73. The molecule has 3 rings (SSSR count). The minimum Gasteiger partial charge on any atom is -0.504 e. The van der Waals surface area contributed by atoms with E-state index in [2.05, 4.69) is 20.3 Å². The van der Waals surface area contributed by atoms with E-state index in [1.807, 2.05) is 31.2 Å². The minimum absolute atomic E-state index is 0.0115. The van der Waals surface area contributed by atoms with Crippen LogP contribution in [0.4, 0.5) is 17.6 Å². The van der Waals surface area contributed by atoms with E-state index < -0.39 is 5.97 Å². The van der Waals surface area contributed by atoms with Gasteiger partial charge in [-0.1, -0.05) is 23.8 Å². The molecule has 154 valence electrons. The van der Waals surface area contributed by atoms with E-state index >= 15 is 0 Å². The standard InChI is InChI=1S/C21H21N5O4/c1-13-3-7-15(8-4-13)23-21-25-18(24-20(22)26-21)12-30-19(28)10-6-14-5-9-16(27)17(11-14)29-2/h3-11,27H,12H2,1-2H3,(H3,22,23,24,25,26)/b10-6+. The van der Waals surface area contributed by atoms with Crippen molar-refractivity contribution in [3.8, 4) is 11.5 Å². The fourth-order valence-corrected chi connectivity index (χ4v) is 2.47. The third kappa shape index (κ3) is 5.68. The number of aromatic nitrogens is 3. The molecule has 0 atom stereocenters. The maximum Gasteiger partial charge on any atom is 0.331 e. The maximum atomic E-state index is 12.0. The van der Waals surface area contributed by atoms with Gasteiger partial charge in [0.05, 0.1) is 7.11 Å². The lowest BCUT2D eigenvalue weighted by molar-refractivity contribution is -0.139. The molecule has 0 fully saturated rings. The summed E-state index contributed by atoms with van der Waals surface area (Å²) < 4.78 is 10.2. The van der Waals surface area contributed by atoms with Gasteiger partial charge in [0.15, 0.2) is 23.9 Å². The van der Waals surface area contributed by atoms with Crippen molar-refractivity contribution >= 4 is 29.6 Å². The van der Waals surface area contributed by atoms with Crippen LogP contribution in [0.25, 0.3) is 6.08 Å². The van der Waals surface area contributed by atoms with Gasteiger partial charge in [-0.3, -0.25) is 0 Å². The van der Waals surface area contributed by atoms with E-state index in [0.29, 0.717) is 11.3 Å². The highest BCUT2D eigenvalue weighted by Gasteiger charge is 2.08. The number of anilines is 3. The first-order chi connectivity index (χ1) is 14.4. The number of ether oxygens (including phenoxy) is 2. The molecule has 0 bridgehead atoms. The van der Waals surface area contributed by atoms with E-state index in [1.54, 1.807) is 12.1 Å². The quantitative estimate of drug-likeness (QED) is 0.399. The lowest BCUT2D eigenvalue weighted by Gasteiger charge is -2.08. The summed E-state index contributed by atoms with van der Waals surface area (Å²) in [6.45, 7) is 1.82. The van der Waals surface area contributed by atoms with E-state index in [0.717, 1.165) is 11.3 Å². The summed E-state index contributed by atoms with van der Waals surface area (Å²) in [7, 11) is 1.44.